The number of carbonyl (C=O) groups is 1. The molecular weight excluding hydrogens is 413 g/mol. The van der Waals surface area contributed by atoms with Crippen LogP contribution in [-0.4, -0.2) is 38.8 Å². The van der Waals surface area contributed by atoms with Crippen LogP contribution in [0.4, 0.5) is 4.39 Å². The van der Waals surface area contributed by atoms with E-state index in [0.717, 1.165) is 5.56 Å². The average molecular weight is 442 g/mol. The molecule has 0 spiro atoms. The van der Waals surface area contributed by atoms with Crippen molar-refractivity contribution in [2.45, 2.75) is 39.7 Å². The third-order valence-corrected chi connectivity index (χ3v) is 5.09. The van der Waals surface area contributed by atoms with E-state index < -0.39 is 17.2 Å². The lowest BCUT2D eigenvalue weighted by Crippen LogP contribution is -2.34. The molecule has 0 bridgehead atoms. The number of hydrogen-bond donors (Lipinski definition) is 3. The maximum absolute atomic E-state index is 13.2. The number of nitrogens with one attached hydrogen (secondary N) is 1. The molecule has 0 aliphatic rings. The maximum atomic E-state index is 13.2. The summed E-state index contributed by atoms with van der Waals surface area (Å²) in [7, 11) is 0. The van der Waals surface area contributed by atoms with Crippen LogP contribution < -0.4 is 10.9 Å². The zero-order valence-corrected chi connectivity index (χ0v) is 18.3. The Morgan fingerprint density at radius 2 is 1.88 bits per heavy atom. The highest BCUT2D eigenvalue weighted by atomic mass is 19.1. The molecule has 1 aromatic carbocycles. The molecule has 32 heavy (non-hydrogen) atoms. The molecule has 2 heterocycles. The molecule has 0 saturated carbocycles. The molecule has 7 nitrogen and oxygen atoms in total. The van der Waals surface area contributed by atoms with Crippen LogP contribution in [0, 0.1) is 11.7 Å². The van der Waals surface area contributed by atoms with E-state index in [1.54, 1.807) is 24.3 Å². The van der Waals surface area contributed by atoms with Crippen LogP contribution in [-0.2, 0) is 13.0 Å². The zero-order valence-electron chi connectivity index (χ0n) is 18.3. The summed E-state index contributed by atoms with van der Waals surface area (Å²) in [4.78, 5) is 30.4. The fourth-order valence-electron chi connectivity index (χ4n) is 3.54. The molecular formula is C24H28FN3O4. The van der Waals surface area contributed by atoms with E-state index in [-0.39, 0.29) is 36.0 Å². The predicted molar refractivity (Wildman–Crippen MR) is 120 cm³/mol. The van der Waals surface area contributed by atoms with Crippen LogP contribution in [0.3, 0.4) is 0 Å². The van der Waals surface area contributed by atoms with Gasteiger partial charge < -0.3 is 20.1 Å². The largest absolute Gasteiger partial charge is 0.505 e. The number of benzene rings is 1. The molecule has 0 aliphatic carbocycles. The number of aromatic hydroxyl groups is 1. The number of unbranched alkanes of at least 4 members (excludes halogenated alkanes) is 1. The van der Waals surface area contributed by atoms with E-state index in [1.165, 1.54) is 16.7 Å². The van der Waals surface area contributed by atoms with Crippen molar-refractivity contribution in [2.24, 2.45) is 5.92 Å². The van der Waals surface area contributed by atoms with Crippen molar-refractivity contribution < 1.29 is 19.4 Å². The Bertz CT molecular complexity index is 1160. The average Bonchev–Trinajstić information content (AvgIpc) is 2.76. The quantitative estimate of drug-likeness (QED) is 0.443. The Morgan fingerprint density at radius 3 is 2.53 bits per heavy atom. The Hall–Kier alpha value is -3.26. The Balaban J connectivity index is 2.06. The summed E-state index contributed by atoms with van der Waals surface area (Å²) in [5, 5.41) is 22.4. The number of pyridine rings is 2. The monoisotopic (exact) mass is 441 g/mol. The number of fused-ring (bicyclic) bond motifs is 1. The smallest absolute Gasteiger partial charge is 0.267 e. The van der Waals surface area contributed by atoms with Crippen LogP contribution in [0.2, 0.25) is 0 Å². The first-order valence-corrected chi connectivity index (χ1v) is 10.7. The summed E-state index contributed by atoms with van der Waals surface area (Å²) in [5.41, 5.74) is 1.16. The first-order valence-electron chi connectivity index (χ1n) is 10.7. The maximum Gasteiger partial charge on any atom is 0.267 e. The van der Waals surface area contributed by atoms with E-state index >= 15 is 0 Å². The molecule has 0 radical (unpaired) electrons. The van der Waals surface area contributed by atoms with Crippen LogP contribution in [0.1, 0.15) is 48.3 Å². The van der Waals surface area contributed by atoms with Crippen molar-refractivity contribution in [3.05, 3.63) is 69.4 Å². The highest BCUT2D eigenvalue weighted by molar-refractivity contribution is 6.01. The van der Waals surface area contributed by atoms with Crippen molar-refractivity contribution in [1.82, 2.24) is 14.9 Å². The number of aliphatic hydroxyl groups is 1. The van der Waals surface area contributed by atoms with Gasteiger partial charge in [-0.3, -0.25) is 9.59 Å². The number of halogens is 1. The number of hydrogen-bond acceptors (Lipinski definition) is 5. The number of aliphatic hydroxyl groups excluding tert-OH is 1. The normalized spacial score (nSPS) is 11.3. The minimum atomic E-state index is -0.671. The number of aromatic nitrogens is 2. The molecule has 1 amide bonds. The minimum absolute atomic E-state index is 0.0129. The molecule has 3 rings (SSSR count). The van der Waals surface area contributed by atoms with E-state index in [0.29, 0.717) is 37.0 Å². The highest BCUT2D eigenvalue weighted by Gasteiger charge is 2.23. The molecule has 0 aliphatic heterocycles. The molecule has 8 heteroatoms. The predicted octanol–water partition coefficient (Wildman–Crippen LogP) is 2.99. The first-order chi connectivity index (χ1) is 15.3. The van der Waals surface area contributed by atoms with Gasteiger partial charge >= 0.3 is 0 Å². The Kier molecular flexibility index (Phi) is 7.58. The summed E-state index contributed by atoms with van der Waals surface area (Å²) < 4.78 is 14.7. The molecule has 0 atom stereocenters. The van der Waals surface area contributed by atoms with E-state index in [4.69, 9.17) is 5.11 Å². The molecule has 3 N–H and O–H groups in total. The summed E-state index contributed by atoms with van der Waals surface area (Å²) in [6, 6.07) is 9.53. The van der Waals surface area contributed by atoms with Crippen LogP contribution in [0.5, 0.6) is 5.75 Å². The van der Waals surface area contributed by atoms with Crippen molar-refractivity contribution in [2.75, 3.05) is 13.2 Å². The van der Waals surface area contributed by atoms with Gasteiger partial charge in [0.25, 0.3) is 11.5 Å². The molecule has 0 unspecified atom stereocenters. The lowest BCUT2D eigenvalue weighted by Gasteiger charge is -2.16. The van der Waals surface area contributed by atoms with Crippen LogP contribution in [0.15, 0.2) is 41.2 Å². The molecule has 170 valence electrons. The fraction of sp³-hybridized carbons (Fsp3) is 0.375. The third-order valence-electron chi connectivity index (χ3n) is 5.09. The van der Waals surface area contributed by atoms with Gasteiger partial charge in [0.05, 0.1) is 5.52 Å². The minimum Gasteiger partial charge on any atom is -0.505 e. The van der Waals surface area contributed by atoms with Gasteiger partial charge in [-0.25, -0.2) is 9.37 Å². The number of amides is 1. The summed E-state index contributed by atoms with van der Waals surface area (Å²) in [6.07, 6.45) is 1.48. The standard InChI is InChI=1S/C24H28FN3O4/c1-15(2)14-28-19-10-9-18(13-16-5-7-17(25)8-6-16)27-21(19)22(30)20(24(28)32)23(31)26-11-3-4-12-29/h5-10,15,29-30H,3-4,11-14H2,1-2H3,(H,26,31). The summed E-state index contributed by atoms with van der Waals surface area (Å²) in [6.45, 7) is 4.56. The van der Waals surface area contributed by atoms with Gasteiger partial charge in [-0.15, -0.1) is 0 Å². The first kappa shape index (κ1) is 23.4. The Morgan fingerprint density at radius 1 is 1.16 bits per heavy atom. The highest BCUT2D eigenvalue weighted by Crippen LogP contribution is 2.26. The number of rotatable bonds is 9. The van der Waals surface area contributed by atoms with E-state index in [2.05, 4.69) is 10.3 Å². The fourth-order valence-corrected chi connectivity index (χ4v) is 3.54. The van der Waals surface area contributed by atoms with Gasteiger partial charge in [0.15, 0.2) is 5.75 Å². The second-order valence-electron chi connectivity index (χ2n) is 8.19. The van der Waals surface area contributed by atoms with E-state index in [9.17, 15) is 19.1 Å². The lowest BCUT2D eigenvalue weighted by molar-refractivity contribution is 0.0947. The summed E-state index contributed by atoms with van der Waals surface area (Å²) >= 11 is 0. The SMILES string of the molecule is CC(C)Cn1c(=O)c(C(=O)NCCCCO)c(O)c2nc(Cc3ccc(F)cc3)ccc21. The molecule has 0 saturated heterocycles. The van der Waals surface area contributed by atoms with Gasteiger partial charge in [-0.05, 0) is 48.6 Å². The Labute approximate surface area is 185 Å². The van der Waals surface area contributed by atoms with Crippen molar-refractivity contribution in [3.63, 3.8) is 0 Å². The third kappa shape index (κ3) is 5.31. The van der Waals surface area contributed by atoms with Crippen molar-refractivity contribution >= 4 is 16.9 Å². The molecule has 0 fully saturated rings. The molecule has 2 aromatic heterocycles. The van der Waals surface area contributed by atoms with Crippen LogP contribution in [0.25, 0.3) is 11.0 Å². The topological polar surface area (TPSA) is 104 Å². The zero-order chi connectivity index (χ0) is 23.3. The van der Waals surface area contributed by atoms with Gasteiger partial charge in [-0.2, -0.15) is 0 Å². The van der Waals surface area contributed by atoms with Crippen LogP contribution >= 0.6 is 0 Å². The molecule has 3 aromatic rings. The second-order valence-corrected chi connectivity index (χ2v) is 8.19. The van der Waals surface area contributed by atoms with Crippen molar-refractivity contribution in [1.29, 1.82) is 0 Å². The van der Waals surface area contributed by atoms with Crippen molar-refractivity contribution in [3.8, 4) is 5.75 Å². The van der Waals surface area contributed by atoms with Gasteiger partial charge in [-0.1, -0.05) is 26.0 Å². The lowest BCUT2D eigenvalue weighted by atomic mass is 10.1. The summed E-state index contributed by atoms with van der Waals surface area (Å²) in [5.74, 6) is -1.33. The second kappa shape index (κ2) is 10.4. The number of carbonyl (C=O) groups excluding carboxylic acids is 1. The van der Waals surface area contributed by atoms with Gasteiger partial charge in [0, 0.05) is 31.8 Å². The van der Waals surface area contributed by atoms with Gasteiger partial charge in [0.1, 0.15) is 16.9 Å². The van der Waals surface area contributed by atoms with Gasteiger partial charge in [0.2, 0.25) is 0 Å². The van der Waals surface area contributed by atoms with E-state index in [1.807, 2.05) is 13.8 Å². The number of nitrogens with zero attached hydrogens (tertiary/aromatic N) is 2.